The van der Waals surface area contributed by atoms with Crippen LogP contribution in [0, 0.1) is 0 Å². The molecule has 4 aromatic carbocycles. The van der Waals surface area contributed by atoms with Crippen LogP contribution in [-0.2, 0) is 27.2 Å². The molecule has 1 aliphatic heterocycles. The number of nitrogens with two attached hydrogens (primary N) is 2. The number of hydrogen-bond acceptors (Lipinski definition) is 6. The molecule has 11 nitrogen and oxygen atoms in total. The Morgan fingerprint density at radius 2 is 1.65 bits per heavy atom. The molecule has 0 bridgehead atoms. The minimum atomic E-state index is -0.758. The van der Waals surface area contributed by atoms with Crippen LogP contribution in [0.2, 0.25) is 0 Å². The number of hydrogen-bond donors (Lipinski definition) is 4. The SMILES string of the molecule is CC(=O)N([C@H](C=O)Cc1cnc[nH]1)[C@@H](Cc1ccc2ccccc2c1)[C@@H]1CCN(CC(c2ccccc2)c2ccccc2)C(=O)[C@H](CCCN=C(N)N)N1. The van der Waals surface area contributed by atoms with E-state index in [2.05, 4.69) is 74.9 Å². The summed E-state index contributed by atoms with van der Waals surface area (Å²) in [6.45, 7) is 2.84. The smallest absolute Gasteiger partial charge is 0.239 e. The van der Waals surface area contributed by atoms with Crippen molar-refractivity contribution in [2.45, 2.75) is 69.1 Å². The topological polar surface area (TPSA) is 163 Å². The molecule has 1 aliphatic rings. The number of rotatable bonds is 16. The van der Waals surface area contributed by atoms with Gasteiger partial charge in [-0.3, -0.25) is 14.6 Å². The lowest BCUT2D eigenvalue weighted by atomic mass is 9.90. The zero-order valence-electron chi connectivity index (χ0n) is 30.8. The van der Waals surface area contributed by atoms with Crippen molar-refractivity contribution in [1.29, 1.82) is 0 Å². The first-order valence-corrected chi connectivity index (χ1v) is 18.7. The van der Waals surface area contributed by atoms with Crippen LogP contribution in [0.4, 0.5) is 0 Å². The Kier molecular flexibility index (Phi) is 12.8. The number of aromatic nitrogens is 2. The molecule has 11 heteroatoms. The van der Waals surface area contributed by atoms with Crippen LogP contribution in [0.1, 0.15) is 54.5 Å². The molecule has 0 spiro atoms. The lowest BCUT2D eigenvalue weighted by molar-refractivity contribution is -0.138. The Labute approximate surface area is 316 Å². The number of guanidine groups is 1. The number of amides is 2. The van der Waals surface area contributed by atoms with Gasteiger partial charge < -0.3 is 36.4 Å². The lowest BCUT2D eigenvalue weighted by Gasteiger charge is -2.40. The summed E-state index contributed by atoms with van der Waals surface area (Å²) in [5.41, 5.74) is 15.3. The zero-order chi connectivity index (χ0) is 37.9. The molecule has 6 rings (SSSR count). The van der Waals surface area contributed by atoms with Gasteiger partial charge in [0.15, 0.2) is 5.96 Å². The van der Waals surface area contributed by atoms with Crippen molar-refractivity contribution in [3.05, 3.63) is 138 Å². The van der Waals surface area contributed by atoms with E-state index in [0.717, 1.165) is 39.4 Å². The van der Waals surface area contributed by atoms with Gasteiger partial charge in [-0.25, -0.2) is 4.98 Å². The van der Waals surface area contributed by atoms with Crippen LogP contribution < -0.4 is 16.8 Å². The van der Waals surface area contributed by atoms with Crippen molar-refractivity contribution >= 4 is 34.8 Å². The third kappa shape index (κ3) is 9.59. The molecule has 54 heavy (non-hydrogen) atoms. The van der Waals surface area contributed by atoms with Crippen LogP contribution in [0.3, 0.4) is 0 Å². The van der Waals surface area contributed by atoms with Gasteiger partial charge in [0.25, 0.3) is 0 Å². The molecule has 0 aliphatic carbocycles. The molecule has 2 amide bonds. The monoisotopic (exact) mass is 726 g/mol. The van der Waals surface area contributed by atoms with Gasteiger partial charge in [-0.2, -0.15) is 0 Å². The molecule has 4 atom stereocenters. The molecule has 1 fully saturated rings. The standard InChI is InChI=1S/C43H50N8O3/c1-30(53)51(37(28-52)25-36-26-46-29-48-36)41(24-31-18-19-32-11-8-9-16-35(32)23-31)39-20-22-50(42(54)40(49-39)17-10-21-47-43(44)45)27-38(33-12-4-2-5-13-33)34-14-6-3-7-15-34/h2-9,11-16,18-19,23,26,28-29,37-41,49H,10,17,20-22,24-25,27H2,1H3,(H,46,48)(H4,44,45,47)/t37-,39-,40-,41-/m0/s1. The predicted octanol–water partition coefficient (Wildman–Crippen LogP) is 4.58. The van der Waals surface area contributed by atoms with Gasteiger partial charge in [0.05, 0.1) is 24.5 Å². The summed E-state index contributed by atoms with van der Waals surface area (Å²) < 4.78 is 0. The normalized spacial score (nSPS) is 17.1. The quantitative estimate of drug-likeness (QED) is 0.0501. The van der Waals surface area contributed by atoms with E-state index < -0.39 is 18.1 Å². The van der Waals surface area contributed by atoms with Crippen LogP contribution in [0.15, 0.2) is 121 Å². The van der Waals surface area contributed by atoms with E-state index in [0.29, 0.717) is 45.3 Å². The number of nitrogens with zero attached hydrogens (tertiary/aromatic N) is 4. The van der Waals surface area contributed by atoms with E-state index in [9.17, 15) is 14.4 Å². The summed E-state index contributed by atoms with van der Waals surface area (Å²) in [5.74, 6) is -0.273. The molecule has 1 saturated heterocycles. The second-order valence-electron chi connectivity index (χ2n) is 14.1. The fourth-order valence-electron chi connectivity index (χ4n) is 7.82. The van der Waals surface area contributed by atoms with Gasteiger partial charge in [0, 0.05) is 56.8 Å². The number of nitrogens with one attached hydrogen (secondary N) is 2. The van der Waals surface area contributed by atoms with Crippen molar-refractivity contribution < 1.29 is 14.4 Å². The molecule has 6 N–H and O–H groups in total. The number of aldehydes is 1. The summed E-state index contributed by atoms with van der Waals surface area (Å²) in [6.07, 6.45) is 6.47. The fraction of sp³-hybridized carbons (Fsp3) is 0.326. The third-order valence-electron chi connectivity index (χ3n) is 10.4. The average molecular weight is 727 g/mol. The Balaban J connectivity index is 1.38. The molecule has 2 heterocycles. The lowest BCUT2D eigenvalue weighted by Crippen LogP contribution is -2.59. The van der Waals surface area contributed by atoms with Crippen LogP contribution >= 0.6 is 0 Å². The van der Waals surface area contributed by atoms with E-state index in [4.69, 9.17) is 11.5 Å². The van der Waals surface area contributed by atoms with Gasteiger partial charge in [0.2, 0.25) is 11.8 Å². The molecule has 280 valence electrons. The number of benzene rings is 4. The first-order valence-electron chi connectivity index (χ1n) is 18.7. The summed E-state index contributed by atoms with van der Waals surface area (Å²) in [6, 6.07) is 32.9. The number of imidazole rings is 1. The summed E-state index contributed by atoms with van der Waals surface area (Å²) >= 11 is 0. The maximum Gasteiger partial charge on any atom is 0.239 e. The highest BCUT2D eigenvalue weighted by atomic mass is 16.2. The number of H-pyrrole nitrogens is 1. The van der Waals surface area contributed by atoms with E-state index in [1.54, 1.807) is 17.4 Å². The van der Waals surface area contributed by atoms with Crippen molar-refractivity contribution in [2.24, 2.45) is 16.5 Å². The van der Waals surface area contributed by atoms with Crippen molar-refractivity contribution in [2.75, 3.05) is 19.6 Å². The second kappa shape index (κ2) is 18.3. The number of carbonyl (C=O) groups is 3. The molecule has 5 aromatic rings. The number of aliphatic imine (C=N–C) groups is 1. The van der Waals surface area contributed by atoms with Gasteiger partial charge in [0.1, 0.15) is 6.29 Å². The van der Waals surface area contributed by atoms with Crippen molar-refractivity contribution in [1.82, 2.24) is 25.1 Å². The number of carbonyl (C=O) groups excluding carboxylic acids is 3. The predicted molar refractivity (Wildman–Crippen MR) is 213 cm³/mol. The minimum absolute atomic E-state index is 0.00735. The largest absolute Gasteiger partial charge is 0.370 e. The number of fused-ring (bicyclic) bond motifs is 1. The van der Waals surface area contributed by atoms with Crippen LogP contribution in [0.25, 0.3) is 10.8 Å². The van der Waals surface area contributed by atoms with Gasteiger partial charge >= 0.3 is 0 Å². The second-order valence-corrected chi connectivity index (χ2v) is 14.1. The maximum absolute atomic E-state index is 14.7. The van der Waals surface area contributed by atoms with Crippen molar-refractivity contribution in [3.63, 3.8) is 0 Å². The van der Waals surface area contributed by atoms with Crippen LogP contribution in [-0.4, -0.2) is 87.6 Å². The summed E-state index contributed by atoms with van der Waals surface area (Å²) in [4.78, 5) is 56.5. The van der Waals surface area contributed by atoms with Crippen LogP contribution in [0.5, 0.6) is 0 Å². The molecular formula is C43H50N8O3. The summed E-state index contributed by atoms with van der Waals surface area (Å²) in [5, 5.41) is 5.94. The zero-order valence-corrected chi connectivity index (χ0v) is 30.8. The Morgan fingerprint density at radius 1 is 0.963 bits per heavy atom. The number of aromatic amines is 1. The minimum Gasteiger partial charge on any atom is -0.370 e. The van der Waals surface area contributed by atoms with E-state index in [1.165, 1.54) is 6.92 Å². The van der Waals surface area contributed by atoms with E-state index in [-0.39, 0.29) is 36.2 Å². The molecule has 0 radical (unpaired) electrons. The highest BCUT2D eigenvalue weighted by molar-refractivity contribution is 5.84. The Bertz CT molecular complexity index is 1960. The first-order chi connectivity index (χ1) is 26.3. The first kappa shape index (κ1) is 37.9. The van der Waals surface area contributed by atoms with Gasteiger partial charge in [-0.15, -0.1) is 0 Å². The Hall–Kier alpha value is -5.81. The summed E-state index contributed by atoms with van der Waals surface area (Å²) in [7, 11) is 0. The molecule has 1 aromatic heterocycles. The van der Waals surface area contributed by atoms with Gasteiger partial charge in [-0.05, 0) is 53.1 Å². The van der Waals surface area contributed by atoms with E-state index >= 15 is 0 Å². The molecular weight excluding hydrogens is 677 g/mol. The third-order valence-corrected chi connectivity index (χ3v) is 10.4. The molecule has 0 unspecified atom stereocenters. The Morgan fingerprint density at radius 3 is 2.28 bits per heavy atom. The molecule has 0 saturated carbocycles. The maximum atomic E-state index is 14.7. The average Bonchev–Trinajstić information content (AvgIpc) is 3.65. The van der Waals surface area contributed by atoms with Crippen molar-refractivity contribution in [3.8, 4) is 0 Å². The fourth-order valence-corrected chi connectivity index (χ4v) is 7.82. The highest BCUT2D eigenvalue weighted by Crippen LogP contribution is 2.29. The highest BCUT2D eigenvalue weighted by Gasteiger charge is 2.40. The van der Waals surface area contributed by atoms with Gasteiger partial charge in [-0.1, -0.05) is 103 Å². The van der Waals surface area contributed by atoms with E-state index in [1.807, 2.05) is 53.4 Å².